The standard InChI is InChI=1S/C16H9F4N5/c17-11-3-1-2-10-13(11)23-15(16(18,19)20)24-14(10)22-9-5-4-8-7-21-25-12(8)6-9/h1-7H,(H,21,25)(H,22,23,24). The summed E-state index contributed by atoms with van der Waals surface area (Å²) in [6, 6.07) is 8.97. The van der Waals surface area contributed by atoms with Gasteiger partial charge in [-0.25, -0.2) is 14.4 Å². The van der Waals surface area contributed by atoms with Crippen LogP contribution in [0.5, 0.6) is 0 Å². The third-order valence-electron chi connectivity index (χ3n) is 3.64. The number of aromatic nitrogens is 4. The number of alkyl halides is 3. The molecular formula is C16H9F4N5. The highest BCUT2D eigenvalue weighted by atomic mass is 19.4. The molecule has 2 N–H and O–H groups in total. The van der Waals surface area contributed by atoms with Crippen LogP contribution in [0.4, 0.5) is 29.1 Å². The van der Waals surface area contributed by atoms with Crippen LogP contribution in [0.2, 0.25) is 0 Å². The Hall–Kier alpha value is -3.23. The Morgan fingerprint density at radius 3 is 2.68 bits per heavy atom. The van der Waals surface area contributed by atoms with E-state index >= 15 is 0 Å². The van der Waals surface area contributed by atoms with Gasteiger partial charge < -0.3 is 5.32 Å². The molecule has 2 aromatic carbocycles. The molecule has 0 fully saturated rings. The van der Waals surface area contributed by atoms with E-state index in [1.165, 1.54) is 12.1 Å². The monoisotopic (exact) mass is 347 g/mol. The summed E-state index contributed by atoms with van der Waals surface area (Å²) in [6.07, 6.45) is -3.17. The average Bonchev–Trinajstić information content (AvgIpc) is 3.02. The molecule has 0 unspecified atom stereocenters. The van der Waals surface area contributed by atoms with Crippen molar-refractivity contribution in [2.24, 2.45) is 0 Å². The topological polar surface area (TPSA) is 66.5 Å². The summed E-state index contributed by atoms with van der Waals surface area (Å²) in [7, 11) is 0. The quantitative estimate of drug-likeness (QED) is 0.527. The molecule has 0 saturated carbocycles. The van der Waals surface area contributed by atoms with Gasteiger partial charge in [-0.1, -0.05) is 6.07 Å². The molecule has 0 aliphatic rings. The number of hydrogen-bond donors (Lipinski definition) is 2. The molecule has 4 aromatic rings. The van der Waals surface area contributed by atoms with Crippen molar-refractivity contribution in [2.45, 2.75) is 6.18 Å². The second-order valence-corrected chi connectivity index (χ2v) is 5.33. The van der Waals surface area contributed by atoms with Crippen molar-refractivity contribution < 1.29 is 17.6 Å². The molecular weight excluding hydrogens is 338 g/mol. The van der Waals surface area contributed by atoms with E-state index in [4.69, 9.17) is 0 Å². The van der Waals surface area contributed by atoms with Gasteiger partial charge in [0.2, 0.25) is 5.82 Å². The Morgan fingerprint density at radius 2 is 1.88 bits per heavy atom. The summed E-state index contributed by atoms with van der Waals surface area (Å²) in [6.45, 7) is 0. The number of halogens is 4. The molecule has 5 nitrogen and oxygen atoms in total. The number of fused-ring (bicyclic) bond motifs is 2. The van der Waals surface area contributed by atoms with E-state index in [9.17, 15) is 17.6 Å². The largest absolute Gasteiger partial charge is 0.451 e. The van der Waals surface area contributed by atoms with E-state index in [0.29, 0.717) is 11.2 Å². The number of aromatic amines is 1. The minimum absolute atomic E-state index is 0.129. The summed E-state index contributed by atoms with van der Waals surface area (Å²) < 4.78 is 53.1. The maximum Gasteiger partial charge on any atom is 0.451 e. The first kappa shape index (κ1) is 15.3. The van der Waals surface area contributed by atoms with Crippen LogP contribution in [0.3, 0.4) is 0 Å². The zero-order chi connectivity index (χ0) is 17.6. The van der Waals surface area contributed by atoms with Crippen molar-refractivity contribution in [3.8, 4) is 0 Å². The zero-order valence-corrected chi connectivity index (χ0v) is 12.4. The molecule has 0 radical (unpaired) electrons. The molecule has 0 aliphatic carbocycles. The zero-order valence-electron chi connectivity index (χ0n) is 12.4. The fourth-order valence-electron chi connectivity index (χ4n) is 2.49. The molecule has 126 valence electrons. The van der Waals surface area contributed by atoms with Crippen molar-refractivity contribution in [2.75, 3.05) is 5.32 Å². The third-order valence-corrected chi connectivity index (χ3v) is 3.64. The summed E-state index contributed by atoms with van der Waals surface area (Å²) in [5.41, 5.74) is 0.787. The smallest absolute Gasteiger partial charge is 0.340 e. The molecule has 9 heteroatoms. The Bertz CT molecular complexity index is 1090. The van der Waals surface area contributed by atoms with E-state index < -0.39 is 23.3 Å². The van der Waals surface area contributed by atoms with Crippen molar-refractivity contribution in [3.63, 3.8) is 0 Å². The lowest BCUT2D eigenvalue weighted by Crippen LogP contribution is -2.13. The van der Waals surface area contributed by atoms with Gasteiger partial charge in [-0.05, 0) is 30.3 Å². The molecule has 0 atom stereocenters. The molecule has 4 rings (SSSR count). The van der Waals surface area contributed by atoms with Gasteiger partial charge in [0.1, 0.15) is 17.2 Å². The number of nitrogens with one attached hydrogen (secondary N) is 2. The van der Waals surface area contributed by atoms with Gasteiger partial charge in [-0.15, -0.1) is 0 Å². The summed E-state index contributed by atoms with van der Waals surface area (Å²) >= 11 is 0. The normalized spacial score (nSPS) is 12.0. The lowest BCUT2D eigenvalue weighted by atomic mass is 10.2. The number of nitrogens with zero attached hydrogens (tertiary/aromatic N) is 3. The Kier molecular flexibility index (Phi) is 3.31. The average molecular weight is 347 g/mol. The van der Waals surface area contributed by atoms with Crippen LogP contribution in [-0.4, -0.2) is 20.2 Å². The number of rotatable bonds is 2. The summed E-state index contributed by atoms with van der Waals surface area (Å²) in [5.74, 6) is -2.39. The van der Waals surface area contributed by atoms with Crippen LogP contribution in [0, 0.1) is 5.82 Å². The van der Waals surface area contributed by atoms with Crippen molar-refractivity contribution in [3.05, 3.63) is 54.2 Å². The number of H-pyrrole nitrogens is 1. The van der Waals surface area contributed by atoms with Gasteiger partial charge in [0.05, 0.1) is 11.7 Å². The maximum atomic E-state index is 13.9. The van der Waals surface area contributed by atoms with Crippen molar-refractivity contribution in [1.29, 1.82) is 0 Å². The number of para-hydroxylation sites is 1. The van der Waals surface area contributed by atoms with Crippen molar-refractivity contribution in [1.82, 2.24) is 20.2 Å². The van der Waals surface area contributed by atoms with Gasteiger partial charge >= 0.3 is 6.18 Å². The second-order valence-electron chi connectivity index (χ2n) is 5.33. The predicted molar refractivity (Wildman–Crippen MR) is 83.9 cm³/mol. The highest BCUT2D eigenvalue weighted by Gasteiger charge is 2.36. The van der Waals surface area contributed by atoms with Gasteiger partial charge in [0, 0.05) is 16.5 Å². The number of anilines is 2. The van der Waals surface area contributed by atoms with Gasteiger partial charge in [-0.3, -0.25) is 5.10 Å². The highest BCUT2D eigenvalue weighted by molar-refractivity contribution is 5.92. The maximum absolute atomic E-state index is 13.9. The highest BCUT2D eigenvalue weighted by Crippen LogP contribution is 2.32. The van der Waals surface area contributed by atoms with Crippen LogP contribution < -0.4 is 5.32 Å². The van der Waals surface area contributed by atoms with E-state index in [0.717, 1.165) is 11.5 Å². The van der Waals surface area contributed by atoms with Crippen molar-refractivity contribution >= 4 is 33.3 Å². The molecule has 2 aromatic heterocycles. The van der Waals surface area contributed by atoms with Crippen LogP contribution in [0.25, 0.3) is 21.8 Å². The van der Waals surface area contributed by atoms with Crippen LogP contribution in [0.1, 0.15) is 5.82 Å². The van der Waals surface area contributed by atoms with Crippen LogP contribution in [-0.2, 0) is 6.18 Å². The van der Waals surface area contributed by atoms with Gasteiger partial charge in [0.25, 0.3) is 0 Å². The number of benzene rings is 2. The van der Waals surface area contributed by atoms with E-state index in [1.807, 2.05) is 0 Å². The van der Waals surface area contributed by atoms with E-state index in [1.54, 1.807) is 24.4 Å². The number of hydrogen-bond acceptors (Lipinski definition) is 4. The lowest BCUT2D eigenvalue weighted by molar-refractivity contribution is -0.144. The Balaban J connectivity index is 1.88. The molecule has 0 aliphatic heterocycles. The Morgan fingerprint density at radius 1 is 1.04 bits per heavy atom. The lowest BCUT2D eigenvalue weighted by Gasteiger charge is -2.12. The molecule has 0 spiro atoms. The Labute approximate surface area is 137 Å². The molecule has 25 heavy (non-hydrogen) atoms. The molecule has 0 amide bonds. The minimum atomic E-state index is -4.79. The molecule has 0 saturated heterocycles. The van der Waals surface area contributed by atoms with Crippen LogP contribution >= 0.6 is 0 Å². The first-order valence-electron chi connectivity index (χ1n) is 7.15. The summed E-state index contributed by atoms with van der Waals surface area (Å²) in [5, 5.41) is 10.4. The SMILES string of the molecule is Fc1cccc2c(Nc3ccc4cn[nH]c4c3)nc(C(F)(F)F)nc12. The molecule has 2 heterocycles. The van der Waals surface area contributed by atoms with Gasteiger partial charge in [-0.2, -0.15) is 18.3 Å². The fraction of sp³-hybridized carbons (Fsp3) is 0.0625. The second kappa shape index (κ2) is 5.40. The third kappa shape index (κ3) is 2.73. The fourth-order valence-corrected chi connectivity index (χ4v) is 2.49. The van der Waals surface area contributed by atoms with E-state index in [2.05, 4.69) is 25.5 Å². The summed E-state index contributed by atoms with van der Waals surface area (Å²) in [4.78, 5) is 6.86. The van der Waals surface area contributed by atoms with E-state index in [-0.39, 0.29) is 11.2 Å². The first-order chi connectivity index (χ1) is 11.9. The predicted octanol–water partition coefficient (Wildman–Crippen LogP) is 4.41. The minimum Gasteiger partial charge on any atom is -0.340 e. The van der Waals surface area contributed by atoms with Crippen LogP contribution in [0.15, 0.2) is 42.6 Å². The molecule has 0 bridgehead atoms. The first-order valence-corrected chi connectivity index (χ1v) is 7.15. The van der Waals surface area contributed by atoms with Gasteiger partial charge in [0.15, 0.2) is 0 Å².